The van der Waals surface area contributed by atoms with Crippen molar-refractivity contribution in [1.82, 2.24) is 54.7 Å². The van der Waals surface area contributed by atoms with Gasteiger partial charge in [0.25, 0.3) is 0 Å². The van der Waals surface area contributed by atoms with Gasteiger partial charge in [-0.15, -0.1) is 22.7 Å². The van der Waals surface area contributed by atoms with Crippen molar-refractivity contribution in [2.45, 2.75) is 117 Å². The highest BCUT2D eigenvalue weighted by Crippen LogP contribution is 2.18. The normalized spacial score (nSPS) is 10.8. The van der Waals surface area contributed by atoms with E-state index in [9.17, 15) is 0 Å². The van der Waals surface area contributed by atoms with Crippen LogP contribution in [-0.4, -0.2) is 68.3 Å². The van der Waals surface area contributed by atoms with Gasteiger partial charge in [0, 0.05) is 145 Å². The fourth-order valence-corrected chi connectivity index (χ4v) is 10.4. The second-order valence-electron chi connectivity index (χ2n) is 22.9. The van der Waals surface area contributed by atoms with Crippen LogP contribution < -0.4 is 0 Å². The predicted molar refractivity (Wildman–Crippen MR) is 399 cm³/mol. The lowest BCUT2D eigenvalue weighted by Gasteiger charge is -2.24. The van der Waals surface area contributed by atoms with Crippen molar-refractivity contribution in [2.24, 2.45) is 0 Å². The van der Waals surface area contributed by atoms with Crippen molar-refractivity contribution in [3.8, 4) is 0 Å². The van der Waals surface area contributed by atoms with Gasteiger partial charge in [0.1, 0.15) is 0 Å². The van der Waals surface area contributed by atoms with E-state index in [0.29, 0.717) is 0 Å². The summed E-state index contributed by atoms with van der Waals surface area (Å²) in [6.07, 6.45) is 8.54. The number of para-hydroxylation sites is 2. The smallest absolute Gasteiger partial charge is 0.0897 e. The number of thiazole rings is 2. The van der Waals surface area contributed by atoms with Crippen LogP contribution in [0.25, 0.3) is 43.4 Å². The molecule has 0 atom stereocenters. The number of aromatic nitrogens is 10. The quantitative estimate of drug-likeness (QED) is 0.144. The van der Waals surface area contributed by atoms with Crippen LogP contribution in [0.5, 0.6) is 0 Å². The van der Waals surface area contributed by atoms with E-state index in [1.54, 1.807) is 22.7 Å². The van der Waals surface area contributed by atoms with Crippen molar-refractivity contribution in [3.63, 3.8) is 0 Å². The molecule has 1 aliphatic heterocycles. The van der Waals surface area contributed by atoms with Crippen molar-refractivity contribution in [1.29, 1.82) is 0 Å². The molecule has 13 heteroatoms. The molecule has 1 aliphatic rings. The Morgan fingerprint density at radius 1 is 0.340 bits per heavy atom. The van der Waals surface area contributed by atoms with Crippen LogP contribution in [-0.2, 0) is 13.0 Å². The van der Waals surface area contributed by atoms with Gasteiger partial charge in [-0.25, -0.2) is 9.97 Å². The molecule has 0 bridgehead atoms. The van der Waals surface area contributed by atoms with Crippen LogP contribution in [0.1, 0.15) is 95.0 Å². The maximum atomic E-state index is 4.52. The molecule has 15 rings (SSSR count). The molecule has 4 aromatic carbocycles. The number of hydrogen-bond donors (Lipinski definition) is 0. The van der Waals surface area contributed by atoms with Crippen LogP contribution in [0.2, 0.25) is 0 Å². The van der Waals surface area contributed by atoms with E-state index in [1.807, 2.05) is 224 Å². The molecule has 11 nitrogen and oxygen atoms in total. The van der Waals surface area contributed by atoms with Crippen LogP contribution in [0.15, 0.2) is 224 Å². The number of aryl methyl sites for hydroxylation is 15. The van der Waals surface area contributed by atoms with E-state index in [1.165, 1.54) is 54.7 Å². The Morgan fingerprint density at radius 2 is 0.840 bits per heavy atom. The minimum absolute atomic E-state index is 1.06. The second kappa shape index (κ2) is 39.0. The van der Waals surface area contributed by atoms with Crippen molar-refractivity contribution < 1.29 is 0 Å². The molecule has 0 saturated heterocycles. The number of hydrogen-bond acceptors (Lipinski definition) is 13. The Balaban J connectivity index is 0.000000166. The van der Waals surface area contributed by atoms with Gasteiger partial charge in [-0.1, -0.05) is 121 Å². The zero-order valence-electron chi connectivity index (χ0n) is 57.7. The summed E-state index contributed by atoms with van der Waals surface area (Å²) in [5.41, 5.74) is 19.4. The predicted octanol–water partition coefficient (Wildman–Crippen LogP) is 20.2. The van der Waals surface area contributed by atoms with Gasteiger partial charge in [0.2, 0.25) is 0 Å². The number of rotatable bonds is 0. The molecule has 94 heavy (non-hydrogen) atoms. The summed E-state index contributed by atoms with van der Waals surface area (Å²) < 4.78 is 0. The molecule has 0 aliphatic carbocycles. The van der Waals surface area contributed by atoms with Gasteiger partial charge < -0.3 is 4.90 Å². The van der Waals surface area contributed by atoms with E-state index >= 15 is 0 Å². The monoisotopic (exact) mass is 1280 g/mol. The topological polar surface area (TPSA) is 132 Å². The molecule has 10 aromatic heterocycles. The molecule has 0 fully saturated rings. The van der Waals surface area contributed by atoms with Crippen LogP contribution >= 0.6 is 22.7 Å². The number of benzene rings is 4. The number of fused-ring (bicyclic) bond motifs is 5. The highest BCUT2D eigenvalue weighted by atomic mass is 32.1. The van der Waals surface area contributed by atoms with E-state index in [2.05, 4.69) is 165 Å². The molecule has 0 unspecified atom stereocenters. The third-order valence-electron chi connectivity index (χ3n) is 14.3. The summed E-state index contributed by atoms with van der Waals surface area (Å²) in [6.45, 7) is 32.4. The zero-order chi connectivity index (χ0) is 67.8. The number of likely N-dealkylation sites (N-methyl/N-ethyl adjacent to an activating group) is 1. The van der Waals surface area contributed by atoms with Crippen LogP contribution in [0, 0.1) is 104 Å². The minimum Gasteiger partial charge on any atom is -0.302 e. The fraction of sp³-hybridized carbons (Fsp3) is 0.235. The first-order valence-electron chi connectivity index (χ1n) is 31.5. The lowest BCUT2D eigenvalue weighted by Crippen LogP contribution is -2.27. The van der Waals surface area contributed by atoms with Crippen LogP contribution in [0.3, 0.4) is 0 Å². The molecule has 0 radical (unpaired) electrons. The van der Waals surface area contributed by atoms with Crippen molar-refractivity contribution in [2.75, 3.05) is 13.6 Å². The average molecular weight is 1280 g/mol. The molecule has 482 valence electrons. The Morgan fingerprint density at radius 3 is 1.32 bits per heavy atom. The number of nitrogens with zero attached hydrogens (tertiary/aromatic N) is 11. The van der Waals surface area contributed by atoms with Gasteiger partial charge in [0.15, 0.2) is 0 Å². The molecular weight excluding hydrogens is 1190 g/mol. The summed E-state index contributed by atoms with van der Waals surface area (Å²) in [6, 6.07) is 63.5. The maximum absolute atomic E-state index is 4.52. The lowest BCUT2D eigenvalue weighted by molar-refractivity contribution is 0.309. The summed E-state index contributed by atoms with van der Waals surface area (Å²) in [5.74, 6) is 0. The summed E-state index contributed by atoms with van der Waals surface area (Å²) >= 11 is 3.39. The first kappa shape index (κ1) is 73.4. The Labute approximate surface area is 566 Å². The van der Waals surface area contributed by atoms with Gasteiger partial charge in [-0.05, 0) is 205 Å². The largest absolute Gasteiger partial charge is 0.302 e. The Bertz CT molecular complexity index is 4210. The van der Waals surface area contributed by atoms with Gasteiger partial charge in [-0.2, -0.15) is 0 Å². The van der Waals surface area contributed by atoms with Gasteiger partial charge in [-0.3, -0.25) is 39.9 Å². The molecule has 0 amide bonds. The molecule has 0 N–H and O–H groups in total. The van der Waals surface area contributed by atoms with E-state index in [-0.39, 0.29) is 0 Å². The first-order valence-corrected chi connectivity index (χ1v) is 33.3. The zero-order valence-corrected chi connectivity index (χ0v) is 59.4. The molecule has 11 heterocycles. The van der Waals surface area contributed by atoms with Crippen LogP contribution in [0.4, 0.5) is 0 Å². The third kappa shape index (κ3) is 26.9. The molecule has 0 spiro atoms. The van der Waals surface area contributed by atoms with E-state index in [0.717, 1.165) is 103 Å². The molecule has 0 saturated carbocycles. The molecular formula is C81H91N11S2. The Hall–Kier alpha value is -9.66. The summed E-state index contributed by atoms with van der Waals surface area (Å²) in [7, 11) is 2.16. The highest BCUT2D eigenvalue weighted by Gasteiger charge is 2.13. The molecule has 14 aromatic rings. The standard InChI is InChI=1S/C10H14N2.4C10H9N.3C7H9N.2C5H7NS/c1-8-3-4-9-7-12(2)6-5-10(9)11-8;1-8-6-9-4-2-3-5-10(9)7-11-8;1-8-10-5-3-2-4-9(10)6-7-11-8;2*1-8-6-7-9-4-2-3-5-10(9)11-8;1-6-3-4-7(2)8-5-6;1-6-4-3-5-8-7(6)2;1-6-4-3-5-7(2)8-6;2*1-4-3-7-5(2)6-4/h3-4H,5-7H2,1-2H3;4*2-7H,1H3;3*3-5H,1-2H3;2*3H,1-2H3. The number of pyridine rings is 8. The average Bonchev–Trinajstić information content (AvgIpc) is 1.02. The third-order valence-corrected chi connectivity index (χ3v) is 16.1. The van der Waals surface area contributed by atoms with Crippen molar-refractivity contribution >= 4 is 66.0 Å². The first-order chi connectivity index (χ1) is 45.2. The van der Waals surface area contributed by atoms with Gasteiger partial charge >= 0.3 is 0 Å². The highest BCUT2D eigenvalue weighted by molar-refractivity contribution is 7.09. The second-order valence-corrected chi connectivity index (χ2v) is 25.1. The summed E-state index contributed by atoms with van der Waals surface area (Å²) in [4.78, 5) is 44.6. The van der Waals surface area contributed by atoms with E-state index in [4.69, 9.17) is 0 Å². The SMILES string of the molecule is Cc1cc2ccccc2cn1.Cc1ccc(C)nc1.Cc1ccc2c(n1)CCN(C)C2.Cc1ccc2ccccc2n1.Cc1ccc2ccccc2n1.Cc1cccc(C)n1.Cc1cccnc1C.Cc1csc(C)n1.Cc1csc(C)n1.Cc1nccc2ccccc12. The van der Waals surface area contributed by atoms with Gasteiger partial charge in [0.05, 0.1) is 21.0 Å². The lowest BCUT2D eigenvalue weighted by atomic mass is 10.1. The van der Waals surface area contributed by atoms with E-state index < -0.39 is 0 Å². The van der Waals surface area contributed by atoms with Crippen molar-refractivity contribution in [3.05, 3.63) is 319 Å². The fourth-order valence-electron chi connectivity index (χ4n) is 9.20. The maximum Gasteiger partial charge on any atom is 0.0897 e. The summed E-state index contributed by atoms with van der Waals surface area (Å²) in [5, 5.41) is 13.8. The minimum atomic E-state index is 1.06. The Kier molecular flexibility index (Phi) is 30.5.